The normalized spacial score (nSPS) is 12.7. The minimum absolute atomic E-state index is 0.00355. The van der Waals surface area contributed by atoms with E-state index < -0.39 is 11.8 Å². The molecule has 3 aromatic rings. The van der Waals surface area contributed by atoms with Crippen molar-refractivity contribution in [2.45, 2.75) is 72.2 Å². The van der Waals surface area contributed by atoms with Gasteiger partial charge in [0, 0.05) is 19.5 Å². The highest BCUT2D eigenvalue weighted by Gasteiger charge is 2.22. The highest BCUT2D eigenvalue weighted by Crippen LogP contribution is 2.26. The molecule has 1 heterocycles. The molecule has 0 aliphatic rings. The minimum Gasteiger partial charge on any atom is -0.478 e. The number of imidazole rings is 1. The monoisotopic (exact) mass is 499 g/mol. The van der Waals surface area contributed by atoms with Crippen molar-refractivity contribution in [3.05, 3.63) is 64.2 Å². The summed E-state index contributed by atoms with van der Waals surface area (Å²) in [7, 11) is 0. The number of hydrogen-bond acceptors (Lipinski definition) is 4. The van der Waals surface area contributed by atoms with Crippen LogP contribution in [0, 0.1) is 18.2 Å². The summed E-state index contributed by atoms with van der Waals surface area (Å²) in [5.74, 6) is -1.26. The summed E-state index contributed by atoms with van der Waals surface area (Å²) < 4.78 is 16.4. The topological polar surface area (TPSA) is 84.2 Å². The summed E-state index contributed by atoms with van der Waals surface area (Å²) >= 11 is 4.48. The van der Waals surface area contributed by atoms with E-state index in [0.717, 1.165) is 40.8 Å². The van der Waals surface area contributed by atoms with Crippen LogP contribution in [0.25, 0.3) is 11.0 Å². The van der Waals surface area contributed by atoms with Crippen LogP contribution in [0.5, 0.6) is 0 Å². The summed E-state index contributed by atoms with van der Waals surface area (Å²) in [5, 5.41) is 11.7. The lowest BCUT2D eigenvalue weighted by molar-refractivity contribution is -0.121. The number of halogens is 1. The van der Waals surface area contributed by atoms with Gasteiger partial charge in [0.1, 0.15) is 11.6 Å². The van der Waals surface area contributed by atoms with Crippen molar-refractivity contribution in [3.8, 4) is 0 Å². The van der Waals surface area contributed by atoms with E-state index in [4.69, 9.17) is 10.1 Å². The number of amides is 1. The molecule has 188 valence electrons. The summed E-state index contributed by atoms with van der Waals surface area (Å²) in [6, 6.07) is 8.22. The third-order valence-corrected chi connectivity index (χ3v) is 6.25. The number of carbonyl (C=O) groups is 2. The maximum Gasteiger partial charge on any atom is 0.338 e. The number of hydrogen-bond donors (Lipinski definition) is 3. The molecule has 0 aliphatic heterocycles. The molecular weight excluding hydrogens is 465 g/mol. The maximum atomic E-state index is 14.3. The standard InChI is InChI=1S/C27H34FN3O3S/c1-6-7-23-30-24-16(2)10-18(14-29-25(32)22(35)13-27(3,4)5)12-21(24)31(23)15-17-8-9-19(26(33)34)20(28)11-17/h8-12,22,35H,6-7,13-15H2,1-5H3,(H,29,32)(H,33,34)/t22-/m1/s1. The number of nitrogens with one attached hydrogen (secondary N) is 1. The smallest absolute Gasteiger partial charge is 0.338 e. The van der Waals surface area contributed by atoms with Gasteiger partial charge in [-0.15, -0.1) is 0 Å². The summed E-state index contributed by atoms with van der Waals surface area (Å²) in [6.07, 6.45) is 2.32. The molecule has 0 spiro atoms. The van der Waals surface area contributed by atoms with Gasteiger partial charge in [-0.2, -0.15) is 12.6 Å². The predicted molar refractivity (Wildman–Crippen MR) is 140 cm³/mol. The number of benzene rings is 2. The molecule has 0 unspecified atom stereocenters. The van der Waals surface area contributed by atoms with E-state index >= 15 is 0 Å². The number of rotatable bonds is 9. The molecule has 2 N–H and O–H groups in total. The molecular formula is C27H34FN3O3S. The van der Waals surface area contributed by atoms with Crippen molar-refractivity contribution < 1.29 is 19.1 Å². The lowest BCUT2D eigenvalue weighted by Crippen LogP contribution is -2.33. The number of carbonyl (C=O) groups excluding carboxylic acids is 1. The molecule has 0 fully saturated rings. The zero-order valence-electron chi connectivity index (χ0n) is 21.0. The van der Waals surface area contributed by atoms with Crippen LogP contribution in [-0.2, 0) is 24.3 Å². The quantitative estimate of drug-likeness (QED) is 0.338. The summed E-state index contributed by atoms with van der Waals surface area (Å²) in [6.45, 7) is 11.0. The van der Waals surface area contributed by atoms with Crippen LogP contribution in [0.2, 0.25) is 0 Å². The lowest BCUT2D eigenvalue weighted by Gasteiger charge is -2.22. The number of thiol groups is 1. The molecule has 3 rings (SSSR count). The number of aromatic nitrogens is 2. The largest absolute Gasteiger partial charge is 0.478 e. The zero-order chi connectivity index (χ0) is 25.9. The molecule has 1 aromatic heterocycles. The highest BCUT2D eigenvalue weighted by atomic mass is 32.1. The summed E-state index contributed by atoms with van der Waals surface area (Å²) in [5.41, 5.74) is 4.01. The van der Waals surface area contributed by atoms with Crippen molar-refractivity contribution in [1.82, 2.24) is 14.9 Å². The highest BCUT2D eigenvalue weighted by molar-refractivity contribution is 7.81. The van der Waals surface area contributed by atoms with Gasteiger partial charge < -0.3 is 15.0 Å². The molecule has 2 aromatic carbocycles. The molecule has 8 heteroatoms. The van der Waals surface area contributed by atoms with Gasteiger partial charge in [0.15, 0.2) is 0 Å². The van der Waals surface area contributed by atoms with E-state index in [1.54, 1.807) is 6.07 Å². The van der Waals surface area contributed by atoms with Crippen LogP contribution in [-0.4, -0.2) is 31.8 Å². The average Bonchev–Trinajstić information content (AvgIpc) is 3.08. The Labute approximate surface area is 211 Å². The molecule has 1 amide bonds. The number of aromatic carboxylic acids is 1. The number of aryl methyl sites for hydroxylation is 2. The van der Waals surface area contributed by atoms with Gasteiger partial charge in [-0.25, -0.2) is 14.2 Å². The second kappa shape index (κ2) is 10.8. The zero-order valence-corrected chi connectivity index (χ0v) is 21.9. The summed E-state index contributed by atoms with van der Waals surface area (Å²) in [4.78, 5) is 28.6. The van der Waals surface area contributed by atoms with Gasteiger partial charge in [0.2, 0.25) is 5.91 Å². The fourth-order valence-corrected chi connectivity index (χ4v) is 4.84. The molecule has 0 saturated heterocycles. The first-order valence-corrected chi connectivity index (χ1v) is 12.4. The van der Waals surface area contributed by atoms with Crippen molar-refractivity contribution in [2.75, 3.05) is 0 Å². The Balaban J connectivity index is 1.91. The van der Waals surface area contributed by atoms with Gasteiger partial charge in [0.05, 0.1) is 21.8 Å². The van der Waals surface area contributed by atoms with Crippen LogP contribution in [0.15, 0.2) is 30.3 Å². The SMILES string of the molecule is CCCc1nc2c(C)cc(CNC(=O)[C@H](S)CC(C)(C)C)cc2n1Cc1ccc(C(=O)O)c(F)c1. The Kier molecular flexibility index (Phi) is 8.26. The van der Waals surface area contributed by atoms with Gasteiger partial charge in [-0.05, 0) is 60.1 Å². The van der Waals surface area contributed by atoms with E-state index in [1.807, 2.05) is 23.6 Å². The van der Waals surface area contributed by atoms with Gasteiger partial charge in [-0.1, -0.05) is 39.8 Å². The molecule has 1 atom stereocenters. The van der Waals surface area contributed by atoms with Gasteiger partial charge in [-0.3, -0.25) is 4.79 Å². The van der Waals surface area contributed by atoms with E-state index in [0.29, 0.717) is 25.1 Å². The molecule has 0 bridgehead atoms. The van der Waals surface area contributed by atoms with E-state index in [2.05, 4.69) is 45.6 Å². The Morgan fingerprint density at radius 3 is 2.51 bits per heavy atom. The van der Waals surface area contributed by atoms with E-state index in [9.17, 15) is 14.0 Å². The average molecular weight is 500 g/mol. The molecule has 35 heavy (non-hydrogen) atoms. The Bertz CT molecular complexity index is 1250. The Morgan fingerprint density at radius 1 is 1.20 bits per heavy atom. The van der Waals surface area contributed by atoms with Crippen molar-refractivity contribution >= 4 is 35.5 Å². The molecule has 0 aliphatic carbocycles. The fourth-order valence-electron chi connectivity index (χ4n) is 4.20. The third kappa shape index (κ3) is 6.63. The second-order valence-corrected chi connectivity index (χ2v) is 10.9. The van der Waals surface area contributed by atoms with E-state index in [1.165, 1.54) is 12.1 Å². The van der Waals surface area contributed by atoms with Crippen LogP contribution >= 0.6 is 12.6 Å². The third-order valence-electron chi connectivity index (χ3n) is 5.84. The number of carboxylic acids is 1. The molecule has 6 nitrogen and oxygen atoms in total. The lowest BCUT2D eigenvalue weighted by atomic mass is 9.90. The van der Waals surface area contributed by atoms with Crippen LogP contribution < -0.4 is 5.32 Å². The number of carboxylic acid groups (broad SMARTS) is 1. The second-order valence-electron chi connectivity index (χ2n) is 10.3. The van der Waals surface area contributed by atoms with Crippen molar-refractivity contribution in [3.63, 3.8) is 0 Å². The molecule has 0 saturated carbocycles. The van der Waals surface area contributed by atoms with E-state index in [-0.39, 0.29) is 22.1 Å². The Morgan fingerprint density at radius 2 is 1.91 bits per heavy atom. The maximum absolute atomic E-state index is 14.3. The van der Waals surface area contributed by atoms with Gasteiger partial charge in [0.25, 0.3) is 0 Å². The van der Waals surface area contributed by atoms with Crippen LogP contribution in [0.1, 0.15) is 73.4 Å². The Hall–Kier alpha value is -2.87. The fraction of sp³-hybridized carbons (Fsp3) is 0.444. The van der Waals surface area contributed by atoms with Crippen LogP contribution in [0.3, 0.4) is 0 Å². The van der Waals surface area contributed by atoms with Crippen molar-refractivity contribution in [2.24, 2.45) is 5.41 Å². The van der Waals surface area contributed by atoms with Crippen LogP contribution in [0.4, 0.5) is 4.39 Å². The van der Waals surface area contributed by atoms with Gasteiger partial charge >= 0.3 is 5.97 Å². The first-order valence-electron chi connectivity index (χ1n) is 11.9. The number of nitrogens with zero attached hydrogens (tertiary/aromatic N) is 2. The van der Waals surface area contributed by atoms with Crippen molar-refractivity contribution in [1.29, 1.82) is 0 Å². The predicted octanol–water partition coefficient (Wildman–Crippen LogP) is 5.53. The number of fused-ring (bicyclic) bond motifs is 1. The minimum atomic E-state index is -1.29. The molecule has 0 radical (unpaired) electrons. The first kappa shape index (κ1) is 26.7. The first-order chi connectivity index (χ1) is 16.4.